The molecule has 1 aromatic carbocycles. The van der Waals surface area contributed by atoms with Crippen LogP contribution in [0.15, 0.2) is 35.7 Å². The normalized spacial score (nSPS) is 9.83. The Labute approximate surface area is 145 Å². The average Bonchev–Trinajstić information content (AvgIpc) is 3.00. The Morgan fingerprint density at radius 1 is 1.13 bits per heavy atom. The lowest BCUT2D eigenvalue weighted by Gasteiger charge is -2.07. The van der Waals surface area contributed by atoms with Crippen molar-refractivity contribution in [3.8, 4) is 0 Å². The van der Waals surface area contributed by atoms with Crippen molar-refractivity contribution in [1.29, 1.82) is 0 Å². The Morgan fingerprint density at radius 3 is 2.43 bits per heavy atom. The SMILES string of the molecule is CCc1ccc(C(=O)Nc2sccc2C(=O)NCCN)cc1.Cl. The number of amides is 2. The summed E-state index contributed by atoms with van der Waals surface area (Å²) in [5, 5.41) is 7.80. The number of nitrogens with two attached hydrogens (primary N) is 1. The van der Waals surface area contributed by atoms with Gasteiger partial charge in [-0.25, -0.2) is 0 Å². The van der Waals surface area contributed by atoms with E-state index in [0.29, 0.717) is 29.2 Å². The lowest BCUT2D eigenvalue weighted by Crippen LogP contribution is -2.29. The van der Waals surface area contributed by atoms with Gasteiger partial charge in [0.25, 0.3) is 11.8 Å². The summed E-state index contributed by atoms with van der Waals surface area (Å²) in [6, 6.07) is 9.12. The lowest BCUT2D eigenvalue weighted by molar-refractivity contribution is 0.0956. The number of hydrogen-bond acceptors (Lipinski definition) is 4. The fourth-order valence-electron chi connectivity index (χ4n) is 1.93. The molecule has 2 rings (SSSR count). The first-order valence-electron chi connectivity index (χ1n) is 7.11. The Hall–Kier alpha value is -1.89. The van der Waals surface area contributed by atoms with Crippen LogP contribution in [0.5, 0.6) is 0 Å². The summed E-state index contributed by atoms with van der Waals surface area (Å²) in [6.45, 7) is 2.84. The van der Waals surface area contributed by atoms with E-state index >= 15 is 0 Å². The fourth-order valence-corrected chi connectivity index (χ4v) is 2.71. The monoisotopic (exact) mass is 353 g/mol. The van der Waals surface area contributed by atoms with E-state index in [9.17, 15) is 9.59 Å². The number of carbonyl (C=O) groups is 2. The summed E-state index contributed by atoms with van der Waals surface area (Å²) in [6.07, 6.45) is 0.929. The molecule has 124 valence electrons. The van der Waals surface area contributed by atoms with Crippen molar-refractivity contribution in [1.82, 2.24) is 5.32 Å². The first-order valence-corrected chi connectivity index (χ1v) is 7.99. The Balaban J connectivity index is 0.00000264. The smallest absolute Gasteiger partial charge is 0.256 e. The summed E-state index contributed by atoms with van der Waals surface area (Å²) in [4.78, 5) is 24.2. The van der Waals surface area contributed by atoms with Crippen molar-refractivity contribution in [3.05, 3.63) is 52.4 Å². The standard InChI is InChI=1S/C16H19N3O2S.ClH/c1-2-11-3-5-12(6-4-11)14(20)19-16-13(7-10-22-16)15(21)18-9-8-17;/h3-7,10H,2,8-9,17H2,1H3,(H,18,21)(H,19,20);1H. The van der Waals surface area contributed by atoms with Crippen LogP contribution in [0.25, 0.3) is 0 Å². The minimum absolute atomic E-state index is 0. The van der Waals surface area contributed by atoms with E-state index in [1.807, 2.05) is 12.1 Å². The van der Waals surface area contributed by atoms with Crippen LogP contribution in [0.1, 0.15) is 33.2 Å². The third kappa shape index (κ3) is 5.06. The molecule has 1 heterocycles. The van der Waals surface area contributed by atoms with E-state index < -0.39 is 0 Å². The summed E-state index contributed by atoms with van der Waals surface area (Å²) in [5.41, 5.74) is 7.57. The predicted octanol–water partition coefficient (Wildman–Crippen LogP) is 2.67. The van der Waals surface area contributed by atoms with Gasteiger partial charge in [-0.2, -0.15) is 0 Å². The second-order valence-electron chi connectivity index (χ2n) is 4.71. The summed E-state index contributed by atoms with van der Waals surface area (Å²) >= 11 is 1.32. The molecule has 4 N–H and O–H groups in total. The van der Waals surface area contributed by atoms with Crippen LogP contribution in [0, 0.1) is 0 Å². The van der Waals surface area contributed by atoms with Gasteiger partial charge < -0.3 is 16.4 Å². The van der Waals surface area contributed by atoms with Crippen molar-refractivity contribution < 1.29 is 9.59 Å². The van der Waals surface area contributed by atoms with Crippen molar-refractivity contribution in [2.24, 2.45) is 5.73 Å². The molecule has 0 bridgehead atoms. The molecule has 0 atom stereocenters. The molecule has 0 saturated carbocycles. The molecule has 1 aromatic heterocycles. The Bertz CT molecular complexity index is 656. The number of rotatable bonds is 6. The van der Waals surface area contributed by atoms with Gasteiger partial charge in [0.2, 0.25) is 0 Å². The number of hydrogen-bond donors (Lipinski definition) is 3. The molecule has 7 heteroatoms. The maximum Gasteiger partial charge on any atom is 0.256 e. The maximum absolute atomic E-state index is 12.2. The lowest BCUT2D eigenvalue weighted by atomic mass is 10.1. The summed E-state index contributed by atoms with van der Waals surface area (Å²) < 4.78 is 0. The third-order valence-corrected chi connectivity index (χ3v) is 4.02. The molecule has 0 aliphatic heterocycles. The highest BCUT2D eigenvalue weighted by Crippen LogP contribution is 2.24. The number of anilines is 1. The highest BCUT2D eigenvalue weighted by atomic mass is 35.5. The zero-order valence-corrected chi connectivity index (χ0v) is 14.4. The van der Waals surface area contributed by atoms with Gasteiger partial charge in [0.05, 0.1) is 5.56 Å². The molecule has 0 fully saturated rings. The first-order chi connectivity index (χ1) is 10.7. The van der Waals surface area contributed by atoms with E-state index in [4.69, 9.17) is 5.73 Å². The van der Waals surface area contributed by atoms with Crippen LogP contribution >= 0.6 is 23.7 Å². The first kappa shape index (κ1) is 19.2. The summed E-state index contributed by atoms with van der Waals surface area (Å²) in [5.74, 6) is -0.457. The number of aryl methyl sites for hydroxylation is 1. The van der Waals surface area contributed by atoms with Crippen LogP contribution in [0.4, 0.5) is 5.00 Å². The number of benzene rings is 1. The van der Waals surface area contributed by atoms with Gasteiger partial charge in [0.1, 0.15) is 5.00 Å². The minimum atomic E-state index is -0.233. The van der Waals surface area contributed by atoms with Gasteiger partial charge >= 0.3 is 0 Å². The van der Waals surface area contributed by atoms with Crippen molar-refractivity contribution in [2.45, 2.75) is 13.3 Å². The fraction of sp³-hybridized carbons (Fsp3) is 0.250. The highest BCUT2D eigenvalue weighted by Gasteiger charge is 2.15. The Kier molecular flexibility index (Phi) is 7.74. The molecule has 0 aliphatic rings. The van der Waals surface area contributed by atoms with Gasteiger partial charge in [0.15, 0.2) is 0 Å². The van der Waals surface area contributed by atoms with Crippen molar-refractivity contribution in [2.75, 3.05) is 18.4 Å². The minimum Gasteiger partial charge on any atom is -0.351 e. The molecule has 23 heavy (non-hydrogen) atoms. The van der Waals surface area contributed by atoms with Crippen LogP contribution in [0.2, 0.25) is 0 Å². The topological polar surface area (TPSA) is 84.2 Å². The van der Waals surface area contributed by atoms with E-state index in [1.54, 1.807) is 23.6 Å². The molecule has 0 radical (unpaired) electrons. The third-order valence-electron chi connectivity index (χ3n) is 3.19. The molecule has 5 nitrogen and oxygen atoms in total. The molecular weight excluding hydrogens is 334 g/mol. The second kappa shape index (κ2) is 9.29. The van der Waals surface area contributed by atoms with Crippen LogP contribution in [-0.2, 0) is 6.42 Å². The number of halogens is 1. The maximum atomic E-state index is 12.2. The van der Waals surface area contributed by atoms with E-state index in [2.05, 4.69) is 17.6 Å². The molecule has 0 saturated heterocycles. The average molecular weight is 354 g/mol. The van der Waals surface area contributed by atoms with E-state index in [0.717, 1.165) is 6.42 Å². The van der Waals surface area contributed by atoms with Crippen LogP contribution in [0.3, 0.4) is 0 Å². The number of thiophene rings is 1. The zero-order valence-electron chi connectivity index (χ0n) is 12.8. The molecule has 2 amide bonds. The van der Waals surface area contributed by atoms with E-state index in [1.165, 1.54) is 16.9 Å². The van der Waals surface area contributed by atoms with Crippen molar-refractivity contribution >= 4 is 40.6 Å². The molecule has 0 spiro atoms. The second-order valence-corrected chi connectivity index (χ2v) is 5.63. The molecular formula is C16H20ClN3O2S. The highest BCUT2D eigenvalue weighted by molar-refractivity contribution is 7.14. The largest absolute Gasteiger partial charge is 0.351 e. The number of nitrogens with one attached hydrogen (secondary N) is 2. The van der Waals surface area contributed by atoms with Crippen LogP contribution in [-0.4, -0.2) is 24.9 Å². The predicted molar refractivity (Wildman–Crippen MR) is 96.7 cm³/mol. The van der Waals surface area contributed by atoms with Gasteiger partial charge in [0, 0.05) is 18.7 Å². The van der Waals surface area contributed by atoms with Gasteiger partial charge in [-0.1, -0.05) is 19.1 Å². The van der Waals surface area contributed by atoms with Gasteiger partial charge in [-0.05, 0) is 35.6 Å². The Morgan fingerprint density at radius 2 is 1.83 bits per heavy atom. The number of carbonyl (C=O) groups excluding carboxylic acids is 2. The molecule has 0 unspecified atom stereocenters. The van der Waals surface area contributed by atoms with Crippen molar-refractivity contribution in [3.63, 3.8) is 0 Å². The van der Waals surface area contributed by atoms with E-state index in [-0.39, 0.29) is 24.2 Å². The summed E-state index contributed by atoms with van der Waals surface area (Å²) in [7, 11) is 0. The molecule has 2 aromatic rings. The quantitative estimate of drug-likeness (QED) is 0.746. The van der Waals surface area contributed by atoms with Gasteiger partial charge in [-0.3, -0.25) is 9.59 Å². The van der Waals surface area contributed by atoms with Crippen LogP contribution < -0.4 is 16.4 Å². The zero-order chi connectivity index (χ0) is 15.9. The molecule has 0 aliphatic carbocycles. The van der Waals surface area contributed by atoms with Gasteiger partial charge in [-0.15, -0.1) is 23.7 Å².